The van der Waals surface area contributed by atoms with E-state index in [0.717, 1.165) is 24.4 Å². The zero-order chi connectivity index (χ0) is 27.0. The second kappa shape index (κ2) is 12.2. The molecule has 2 aromatic heterocycles. The maximum Gasteiger partial charge on any atom is 0.418 e. The van der Waals surface area contributed by atoms with Crippen molar-refractivity contribution in [3.63, 3.8) is 0 Å². The van der Waals surface area contributed by atoms with Gasteiger partial charge in [-0.1, -0.05) is 0 Å². The van der Waals surface area contributed by atoms with Crippen molar-refractivity contribution in [1.29, 1.82) is 0 Å². The Balaban J connectivity index is 0.00000109. The minimum Gasteiger partial charge on any atom is -0.381 e. The van der Waals surface area contributed by atoms with Crippen molar-refractivity contribution in [1.82, 2.24) is 20.3 Å². The Morgan fingerprint density at radius 3 is 2.43 bits per heavy atom. The molecule has 4 rings (SSSR count). The van der Waals surface area contributed by atoms with Crippen molar-refractivity contribution < 1.29 is 40.6 Å². The lowest BCUT2D eigenvalue weighted by atomic mass is 10.1. The van der Waals surface area contributed by atoms with E-state index in [2.05, 4.69) is 25.6 Å². The number of hydrogen-bond acceptors (Lipinski definition) is 7. The standard InChI is InChI=1S/C18H16F5N3O2.C5H5N3O.3H2/c19-11-1-2-15(13(5-11)18(21,22)23)26-12-6-14(20)16(24-7-12)8-25-17(27)10-3-4-28-9-10;6-5(9)4-1-7-3-8-2-4;;;/h1-2,5-7,10,26H,3-4,8-9H2,(H,25,27);1-3H,(H2,6,9);3*1H/t10-;;;;/m1..../s1. The molecule has 4 N–H and O–H groups in total. The number of primary amides is 1. The van der Waals surface area contributed by atoms with Crippen molar-refractivity contribution in [2.45, 2.75) is 19.1 Å². The molecule has 0 bridgehead atoms. The Morgan fingerprint density at radius 2 is 1.86 bits per heavy atom. The number of nitrogens with one attached hydrogen (secondary N) is 2. The summed E-state index contributed by atoms with van der Waals surface area (Å²) in [6.07, 6.45) is 1.01. The number of hydrogen-bond donors (Lipinski definition) is 3. The summed E-state index contributed by atoms with van der Waals surface area (Å²) in [5.41, 5.74) is 3.46. The Morgan fingerprint density at radius 1 is 1.14 bits per heavy atom. The van der Waals surface area contributed by atoms with Crippen molar-refractivity contribution in [3.05, 3.63) is 77.6 Å². The Labute approximate surface area is 211 Å². The molecule has 1 fully saturated rings. The largest absolute Gasteiger partial charge is 0.418 e. The summed E-state index contributed by atoms with van der Waals surface area (Å²) in [5.74, 6) is -2.91. The van der Waals surface area contributed by atoms with Crippen LogP contribution < -0.4 is 16.4 Å². The number of halogens is 5. The molecule has 0 saturated carbocycles. The van der Waals surface area contributed by atoms with Crippen LogP contribution in [-0.2, 0) is 22.3 Å². The number of benzene rings is 1. The first-order valence-corrected chi connectivity index (χ1v) is 10.7. The monoisotopic (exact) mass is 530 g/mol. The van der Waals surface area contributed by atoms with Crippen molar-refractivity contribution in [2.24, 2.45) is 11.7 Å². The highest BCUT2D eigenvalue weighted by atomic mass is 19.4. The molecule has 37 heavy (non-hydrogen) atoms. The van der Waals surface area contributed by atoms with Crippen molar-refractivity contribution in [2.75, 3.05) is 18.5 Å². The van der Waals surface area contributed by atoms with Crippen LogP contribution in [0, 0.1) is 17.6 Å². The first kappa shape index (κ1) is 27.4. The Kier molecular flexibility index (Phi) is 9.00. The van der Waals surface area contributed by atoms with Gasteiger partial charge in [0.1, 0.15) is 18.0 Å². The fraction of sp³-hybridized carbons (Fsp3) is 0.261. The quantitative estimate of drug-likeness (QED) is 0.409. The lowest BCUT2D eigenvalue weighted by molar-refractivity contribution is -0.137. The summed E-state index contributed by atoms with van der Waals surface area (Å²) in [6, 6.07) is 3.07. The number of pyridine rings is 1. The molecular formula is C23H27F5N6O3. The number of amides is 2. The van der Waals surface area contributed by atoms with Gasteiger partial charge in [-0.3, -0.25) is 14.6 Å². The van der Waals surface area contributed by atoms with E-state index in [4.69, 9.17) is 10.5 Å². The summed E-state index contributed by atoms with van der Waals surface area (Å²) in [6.45, 7) is 0.643. The van der Waals surface area contributed by atoms with Crippen LogP contribution in [0.25, 0.3) is 0 Å². The molecule has 1 aromatic carbocycles. The van der Waals surface area contributed by atoms with Gasteiger partial charge in [-0.2, -0.15) is 13.2 Å². The number of nitrogens with zero attached hydrogens (tertiary/aromatic N) is 3. The van der Waals surface area contributed by atoms with E-state index in [1.54, 1.807) is 0 Å². The SMILES string of the molecule is NC(=O)c1cncnc1.O=C(NCc1ncc(Nc2ccc(F)cc2C(F)(F)F)cc1F)[C@@H]1CCOC1.[HH].[HH].[HH]. The highest BCUT2D eigenvalue weighted by Crippen LogP contribution is 2.36. The van der Waals surface area contributed by atoms with E-state index in [1.165, 1.54) is 18.7 Å². The summed E-state index contributed by atoms with van der Waals surface area (Å²) >= 11 is 0. The number of carbonyl (C=O) groups is 2. The van der Waals surface area contributed by atoms with Gasteiger partial charge < -0.3 is 21.1 Å². The lowest BCUT2D eigenvalue weighted by Gasteiger charge is -2.15. The molecule has 1 saturated heterocycles. The fourth-order valence-electron chi connectivity index (χ4n) is 3.16. The molecule has 1 aliphatic rings. The number of alkyl halides is 3. The number of nitrogens with two attached hydrogens (primary N) is 1. The lowest BCUT2D eigenvalue weighted by Crippen LogP contribution is -2.31. The van der Waals surface area contributed by atoms with Crippen LogP contribution in [0.15, 0.2) is 49.2 Å². The van der Waals surface area contributed by atoms with Crippen molar-refractivity contribution in [3.8, 4) is 0 Å². The van der Waals surface area contributed by atoms with Gasteiger partial charge in [-0.15, -0.1) is 0 Å². The van der Waals surface area contributed by atoms with Crippen LogP contribution in [0.5, 0.6) is 0 Å². The highest BCUT2D eigenvalue weighted by molar-refractivity contribution is 5.91. The number of aromatic nitrogens is 3. The molecule has 3 heterocycles. The van der Waals surface area contributed by atoms with Crippen LogP contribution in [0.4, 0.5) is 33.3 Å². The summed E-state index contributed by atoms with van der Waals surface area (Å²) in [7, 11) is 0. The van der Waals surface area contributed by atoms with Crippen LogP contribution >= 0.6 is 0 Å². The minimum absolute atomic E-state index is 0. The number of rotatable bonds is 6. The van der Waals surface area contributed by atoms with E-state index in [-0.39, 0.29) is 34.0 Å². The van der Waals surface area contributed by atoms with Crippen LogP contribution in [-0.4, -0.2) is 40.0 Å². The molecule has 3 aromatic rings. The fourth-order valence-corrected chi connectivity index (χ4v) is 3.16. The first-order valence-electron chi connectivity index (χ1n) is 10.7. The third-order valence-electron chi connectivity index (χ3n) is 5.06. The third-order valence-corrected chi connectivity index (χ3v) is 5.06. The Bertz CT molecular complexity index is 1250. The summed E-state index contributed by atoms with van der Waals surface area (Å²) < 4.78 is 71.6. The first-order chi connectivity index (χ1) is 17.5. The van der Waals surface area contributed by atoms with Gasteiger partial charge in [0.25, 0.3) is 5.91 Å². The molecule has 1 atom stereocenters. The third kappa shape index (κ3) is 7.90. The Hall–Kier alpha value is -4.20. The molecule has 2 amide bonds. The van der Waals surface area contributed by atoms with Crippen LogP contribution in [0.3, 0.4) is 0 Å². The second-order valence-electron chi connectivity index (χ2n) is 7.73. The van der Waals surface area contributed by atoms with E-state index in [1.807, 2.05) is 0 Å². The topological polar surface area (TPSA) is 132 Å². The minimum atomic E-state index is -4.79. The number of carbonyl (C=O) groups excluding carboxylic acids is 2. The molecule has 0 spiro atoms. The second-order valence-corrected chi connectivity index (χ2v) is 7.73. The molecule has 0 aliphatic carbocycles. The zero-order valence-electron chi connectivity index (χ0n) is 19.1. The zero-order valence-corrected chi connectivity index (χ0v) is 19.1. The van der Waals surface area contributed by atoms with Gasteiger partial charge in [0.15, 0.2) is 0 Å². The van der Waals surface area contributed by atoms with Crippen LogP contribution in [0.2, 0.25) is 0 Å². The van der Waals surface area contributed by atoms with E-state index in [0.29, 0.717) is 31.3 Å². The molecule has 9 nitrogen and oxygen atoms in total. The molecule has 1 aliphatic heterocycles. The average Bonchev–Trinajstić information content (AvgIpc) is 3.40. The van der Waals surface area contributed by atoms with E-state index >= 15 is 0 Å². The molecule has 202 valence electrons. The normalized spacial score (nSPS) is 14.9. The van der Waals surface area contributed by atoms with Gasteiger partial charge >= 0.3 is 6.18 Å². The van der Waals surface area contributed by atoms with Crippen LogP contribution in [0.1, 0.15) is 32.3 Å². The predicted octanol–water partition coefficient (Wildman–Crippen LogP) is 4.09. The molecule has 0 radical (unpaired) electrons. The summed E-state index contributed by atoms with van der Waals surface area (Å²) in [5, 5.41) is 4.94. The molecule has 0 unspecified atom stereocenters. The number of ether oxygens (including phenoxy) is 1. The summed E-state index contributed by atoms with van der Waals surface area (Å²) in [4.78, 5) is 33.3. The molecular weight excluding hydrogens is 503 g/mol. The van der Waals surface area contributed by atoms with E-state index in [9.17, 15) is 31.5 Å². The van der Waals surface area contributed by atoms with Gasteiger partial charge in [0.05, 0.1) is 53.5 Å². The van der Waals surface area contributed by atoms with Gasteiger partial charge in [-0.05, 0) is 24.6 Å². The average molecular weight is 530 g/mol. The van der Waals surface area contributed by atoms with Gasteiger partial charge in [-0.25, -0.2) is 18.7 Å². The van der Waals surface area contributed by atoms with Crippen molar-refractivity contribution >= 4 is 23.2 Å². The van der Waals surface area contributed by atoms with Gasteiger partial charge in [0.2, 0.25) is 5.91 Å². The smallest absolute Gasteiger partial charge is 0.381 e. The molecule has 14 heteroatoms. The number of anilines is 2. The van der Waals surface area contributed by atoms with E-state index < -0.39 is 35.0 Å². The maximum atomic E-state index is 14.2. The highest BCUT2D eigenvalue weighted by Gasteiger charge is 2.34. The predicted molar refractivity (Wildman–Crippen MR) is 127 cm³/mol. The maximum absolute atomic E-state index is 14.2. The van der Waals surface area contributed by atoms with Gasteiger partial charge in [0, 0.05) is 29.3 Å².